The summed E-state index contributed by atoms with van der Waals surface area (Å²) in [7, 11) is 6.75. The quantitative estimate of drug-likeness (QED) is 0.703. The van der Waals surface area contributed by atoms with Crippen LogP contribution in [0.25, 0.3) is 0 Å². The molecule has 2 atom stereocenters. The van der Waals surface area contributed by atoms with Crippen LogP contribution in [0.2, 0.25) is 0 Å². The predicted molar refractivity (Wildman–Crippen MR) is 115 cm³/mol. The number of nitrogens with zero attached hydrogens (tertiary/aromatic N) is 2. The fraction of sp³-hybridized carbons (Fsp3) is 0.842. The number of rotatable bonds is 5. The summed E-state index contributed by atoms with van der Waals surface area (Å²) in [4.78, 5) is 37.5. The summed E-state index contributed by atoms with van der Waals surface area (Å²) >= 11 is 0. The van der Waals surface area contributed by atoms with Gasteiger partial charge in [0, 0.05) is 28.2 Å². The van der Waals surface area contributed by atoms with E-state index in [1.54, 1.807) is 49.0 Å². The molecule has 0 aromatic heterocycles. The lowest BCUT2D eigenvalue weighted by atomic mass is 10.0. The first-order valence-electron chi connectivity index (χ1n) is 9.18. The normalized spacial score (nSPS) is 12.8. The first kappa shape index (κ1) is 31.2. The second kappa shape index (κ2) is 13.6. The van der Waals surface area contributed by atoms with Gasteiger partial charge in [-0.15, -0.1) is 12.4 Å². The summed E-state index contributed by atoms with van der Waals surface area (Å²) < 4.78 is 5.13. The van der Waals surface area contributed by atoms with Crippen LogP contribution in [-0.4, -0.2) is 73.6 Å². The summed E-state index contributed by atoms with van der Waals surface area (Å²) in [6, 6.07) is -0.908. The van der Waals surface area contributed by atoms with Gasteiger partial charge in [-0.1, -0.05) is 27.7 Å². The summed E-state index contributed by atoms with van der Waals surface area (Å²) in [5.41, 5.74) is 5.01. The number of hydrogen-bond donors (Lipinski definition) is 2. The topological polar surface area (TPSA) is 105 Å². The highest BCUT2D eigenvalue weighted by Gasteiger charge is 2.27. The van der Waals surface area contributed by atoms with E-state index in [0.29, 0.717) is 0 Å². The Labute approximate surface area is 176 Å². The fourth-order valence-electron chi connectivity index (χ4n) is 1.81. The molecule has 168 valence electrons. The van der Waals surface area contributed by atoms with Crippen molar-refractivity contribution >= 4 is 30.3 Å². The van der Waals surface area contributed by atoms with Crippen molar-refractivity contribution in [2.75, 3.05) is 28.2 Å². The third kappa shape index (κ3) is 13.6. The molecule has 0 fully saturated rings. The van der Waals surface area contributed by atoms with Crippen LogP contribution >= 0.6 is 12.4 Å². The van der Waals surface area contributed by atoms with Gasteiger partial charge in [0.15, 0.2) is 0 Å². The number of likely N-dealkylation sites (N-methyl/N-ethyl adjacent to an activating group) is 2. The zero-order valence-corrected chi connectivity index (χ0v) is 20.1. The van der Waals surface area contributed by atoms with Gasteiger partial charge in [0.25, 0.3) is 0 Å². The Kier molecular flexibility index (Phi) is 15.1. The van der Waals surface area contributed by atoms with Gasteiger partial charge in [-0.3, -0.25) is 9.59 Å². The number of nitrogens with two attached hydrogens (primary N) is 1. The number of alkyl carbamates (subject to hydrolysis) is 1. The molecule has 3 N–H and O–H groups in total. The van der Waals surface area contributed by atoms with Crippen molar-refractivity contribution in [3.63, 3.8) is 0 Å². The number of carbonyl (C=O) groups is 3. The van der Waals surface area contributed by atoms with E-state index >= 15 is 0 Å². The first-order valence-corrected chi connectivity index (χ1v) is 9.18. The summed E-state index contributed by atoms with van der Waals surface area (Å²) in [5, 5.41) is 2.60. The minimum absolute atomic E-state index is 0. The molecule has 0 aliphatic carbocycles. The lowest BCUT2D eigenvalue weighted by molar-refractivity contribution is -0.132. The van der Waals surface area contributed by atoms with Crippen molar-refractivity contribution in [2.45, 2.75) is 66.2 Å². The molecule has 0 spiro atoms. The zero-order valence-electron chi connectivity index (χ0n) is 19.3. The van der Waals surface area contributed by atoms with Crippen LogP contribution < -0.4 is 11.1 Å². The second-order valence-corrected chi connectivity index (χ2v) is 8.60. The van der Waals surface area contributed by atoms with Gasteiger partial charge in [0.2, 0.25) is 11.8 Å². The molecule has 0 bridgehead atoms. The van der Waals surface area contributed by atoms with E-state index in [1.165, 1.54) is 9.80 Å². The highest BCUT2D eigenvalue weighted by Crippen LogP contribution is 2.09. The van der Waals surface area contributed by atoms with Crippen LogP contribution in [0.1, 0.15) is 48.5 Å². The number of ether oxygens (including phenoxy) is 1. The second-order valence-electron chi connectivity index (χ2n) is 8.60. The molecule has 0 aliphatic heterocycles. The number of amides is 3. The molecule has 0 heterocycles. The van der Waals surface area contributed by atoms with Crippen molar-refractivity contribution in [1.29, 1.82) is 0 Å². The van der Waals surface area contributed by atoms with Gasteiger partial charge in [-0.25, -0.2) is 4.79 Å². The van der Waals surface area contributed by atoms with Gasteiger partial charge < -0.3 is 25.6 Å². The van der Waals surface area contributed by atoms with Crippen LogP contribution in [-0.2, 0) is 14.3 Å². The van der Waals surface area contributed by atoms with E-state index in [2.05, 4.69) is 5.32 Å². The molecule has 8 nitrogen and oxygen atoms in total. The van der Waals surface area contributed by atoms with Crippen LogP contribution in [0.3, 0.4) is 0 Å². The number of nitrogens with one attached hydrogen (secondary N) is 1. The summed E-state index contributed by atoms with van der Waals surface area (Å²) in [6.07, 6.45) is -0.564. The minimum atomic E-state index is -0.564. The van der Waals surface area contributed by atoms with E-state index in [0.717, 1.165) is 0 Å². The van der Waals surface area contributed by atoms with Crippen molar-refractivity contribution in [2.24, 2.45) is 17.6 Å². The lowest BCUT2D eigenvalue weighted by Crippen LogP contribution is -2.50. The zero-order chi connectivity index (χ0) is 22.1. The SMILES string of the molecule is CC(C)[C@H](N)C(=O)N(C)C.CC(C)[C@H](NC(=O)OC(C)(C)C)C(=O)N(C)C.Cl. The molecule has 3 amide bonds. The van der Waals surface area contributed by atoms with E-state index in [9.17, 15) is 14.4 Å². The van der Waals surface area contributed by atoms with Crippen molar-refractivity contribution in [1.82, 2.24) is 15.1 Å². The Morgan fingerprint density at radius 3 is 1.46 bits per heavy atom. The largest absolute Gasteiger partial charge is 0.444 e. The van der Waals surface area contributed by atoms with Gasteiger partial charge in [-0.05, 0) is 32.6 Å². The maximum atomic E-state index is 11.8. The number of carbonyl (C=O) groups excluding carboxylic acids is 3. The Bertz CT molecular complexity index is 489. The number of halogens is 1. The highest BCUT2D eigenvalue weighted by atomic mass is 35.5. The summed E-state index contributed by atoms with van der Waals surface area (Å²) in [6.45, 7) is 13.0. The standard InChI is InChI=1S/C12H24N2O3.C7H16N2O.ClH/c1-8(2)9(10(15)14(6)7)13-11(16)17-12(3,4)5;1-5(2)6(8)7(10)9(3)4;/h8-9H,1-7H3,(H,13,16);5-6H,8H2,1-4H3;1H/t9-;6-;/m00./s1. The maximum Gasteiger partial charge on any atom is 0.408 e. The molecule has 0 rings (SSSR count). The first-order chi connectivity index (χ1) is 12.0. The Hall–Kier alpha value is -1.54. The smallest absolute Gasteiger partial charge is 0.408 e. The number of hydrogen-bond acceptors (Lipinski definition) is 5. The molecule has 0 aromatic rings. The van der Waals surface area contributed by atoms with Crippen molar-refractivity contribution in [3.8, 4) is 0 Å². The van der Waals surface area contributed by atoms with Gasteiger partial charge >= 0.3 is 6.09 Å². The van der Waals surface area contributed by atoms with Crippen LogP contribution in [0.4, 0.5) is 4.79 Å². The molecule has 9 heteroatoms. The summed E-state index contributed by atoms with van der Waals surface area (Å²) in [5.74, 6) is 0.0909. The molecular weight excluding hydrogens is 384 g/mol. The molecule has 28 heavy (non-hydrogen) atoms. The Morgan fingerprint density at radius 2 is 1.25 bits per heavy atom. The molecule has 0 aliphatic rings. The molecule has 0 radical (unpaired) electrons. The van der Waals surface area contributed by atoms with Crippen LogP contribution in [0, 0.1) is 11.8 Å². The van der Waals surface area contributed by atoms with Crippen LogP contribution in [0.15, 0.2) is 0 Å². The van der Waals surface area contributed by atoms with Crippen molar-refractivity contribution < 1.29 is 19.1 Å². The van der Waals surface area contributed by atoms with E-state index < -0.39 is 17.7 Å². The average Bonchev–Trinajstić information content (AvgIpc) is 2.48. The minimum Gasteiger partial charge on any atom is -0.444 e. The van der Waals surface area contributed by atoms with E-state index in [-0.39, 0.29) is 42.1 Å². The highest BCUT2D eigenvalue weighted by molar-refractivity contribution is 5.86. The van der Waals surface area contributed by atoms with E-state index in [1.807, 2.05) is 27.7 Å². The molecule has 0 aromatic carbocycles. The maximum absolute atomic E-state index is 11.8. The molecular formula is C19H41ClN4O4. The predicted octanol–water partition coefficient (Wildman–Crippen LogP) is 2.10. The Morgan fingerprint density at radius 1 is 0.857 bits per heavy atom. The van der Waals surface area contributed by atoms with Crippen molar-refractivity contribution in [3.05, 3.63) is 0 Å². The monoisotopic (exact) mass is 424 g/mol. The molecule has 0 saturated carbocycles. The van der Waals surface area contributed by atoms with Crippen LogP contribution in [0.5, 0.6) is 0 Å². The van der Waals surface area contributed by atoms with Gasteiger partial charge in [0.05, 0.1) is 6.04 Å². The molecule has 0 unspecified atom stereocenters. The molecule has 0 saturated heterocycles. The third-order valence-corrected chi connectivity index (χ3v) is 3.49. The fourth-order valence-corrected chi connectivity index (χ4v) is 1.81. The average molecular weight is 425 g/mol. The lowest BCUT2D eigenvalue weighted by Gasteiger charge is -2.26. The van der Waals surface area contributed by atoms with Gasteiger partial charge in [-0.2, -0.15) is 0 Å². The Balaban J connectivity index is -0.000000489. The van der Waals surface area contributed by atoms with Gasteiger partial charge in [0.1, 0.15) is 11.6 Å². The third-order valence-electron chi connectivity index (χ3n) is 3.49. The van der Waals surface area contributed by atoms with E-state index in [4.69, 9.17) is 10.5 Å².